The maximum atomic E-state index is 5.20. The first-order valence-electron chi connectivity index (χ1n) is 6.29. The molecule has 1 N–H and O–H groups in total. The lowest BCUT2D eigenvalue weighted by Crippen LogP contribution is -2.14. The molecule has 2 heterocycles. The third-order valence-corrected chi connectivity index (χ3v) is 3.77. The smallest absolute Gasteiger partial charge is 0.203 e. The summed E-state index contributed by atoms with van der Waals surface area (Å²) in [4.78, 5) is 8.95. The highest BCUT2D eigenvalue weighted by atomic mass is 32.1. The van der Waals surface area contributed by atoms with E-state index in [4.69, 9.17) is 4.74 Å². The second-order valence-corrected chi connectivity index (χ2v) is 5.60. The molecule has 2 aromatic rings. The van der Waals surface area contributed by atoms with Gasteiger partial charge in [-0.2, -0.15) is 0 Å². The summed E-state index contributed by atoms with van der Waals surface area (Å²) >= 11 is 1.66. The average molecular weight is 280 g/mol. The quantitative estimate of drug-likeness (QED) is 0.884. The van der Waals surface area contributed by atoms with Crippen LogP contribution in [0.3, 0.4) is 0 Å². The number of hydrogen-bond donors (Lipinski definition) is 1. The molecule has 0 aliphatic heterocycles. The zero-order chi connectivity index (χ0) is 13.8. The minimum atomic E-state index is 0.256. The van der Waals surface area contributed by atoms with E-state index in [9.17, 15) is 0 Å². The Bertz CT molecular complexity index is 534. The van der Waals surface area contributed by atoms with Gasteiger partial charge >= 0.3 is 0 Å². The predicted molar refractivity (Wildman–Crippen MR) is 77.7 cm³/mol. The Morgan fingerprint density at radius 3 is 2.79 bits per heavy atom. The molecule has 2 rings (SSSR count). The van der Waals surface area contributed by atoms with E-state index in [1.54, 1.807) is 18.4 Å². The molecule has 5 nitrogen and oxygen atoms in total. The van der Waals surface area contributed by atoms with Crippen LogP contribution in [0.1, 0.15) is 29.4 Å². The molecule has 0 saturated heterocycles. The summed E-state index contributed by atoms with van der Waals surface area (Å²) in [6.07, 6.45) is 2.04. The summed E-state index contributed by atoms with van der Waals surface area (Å²) in [7, 11) is 1.71. The lowest BCUT2D eigenvalue weighted by molar-refractivity contribution is 0.163. The Hall–Kier alpha value is -1.40. The van der Waals surface area contributed by atoms with Gasteiger partial charge in [0, 0.05) is 24.4 Å². The first-order valence-corrected chi connectivity index (χ1v) is 7.17. The highest BCUT2D eigenvalue weighted by molar-refractivity contribution is 7.09. The molecule has 0 aliphatic rings. The number of methoxy groups -OCH3 is 1. The van der Waals surface area contributed by atoms with Crippen molar-refractivity contribution in [3.05, 3.63) is 28.0 Å². The zero-order valence-corrected chi connectivity index (χ0v) is 12.6. The molecule has 0 aromatic carbocycles. The number of aromatic nitrogens is 3. The molecule has 1 atom stereocenters. The number of nitrogens with one attached hydrogen (secondary N) is 1. The SMILES string of the molecule is COCC(C)n1cc(C)nc1NCc1nc(C)cs1. The zero-order valence-electron chi connectivity index (χ0n) is 11.8. The van der Waals surface area contributed by atoms with Crippen LogP contribution in [-0.4, -0.2) is 28.3 Å². The largest absolute Gasteiger partial charge is 0.383 e. The molecule has 1 unspecified atom stereocenters. The molecule has 0 spiro atoms. The minimum absolute atomic E-state index is 0.256. The number of aryl methyl sites for hydroxylation is 2. The fourth-order valence-electron chi connectivity index (χ4n) is 1.94. The molecule has 0 saturated carbocycles. The number of thiazole rings is 1. The predicted octanol–water partition coefficient (Wildman–Crippen LogP) is 2.78. The van der Waals surface area contributed by atoms with E-state index in [-0.39, 0.29) is 6.04 Å². The van der Waals surface area contributed by atoms with E-state index in [1.165, 1.54) is 0 Å². The molecule has 2 aromatic heterocycles. The Balaban J connectivity index is 2.07. The van der Waals surface area contributed by atoms with Gasteiger partial charge in [-0.1, -0.05) is 0 Å². The van der Waals surface area contributed by atoms with E-state index in [2.05, 4.69) is 32.2 Å². The molecule has 19 heavy (non-hydrogen) atoms. The second-order valence-electron chi connectivity index (χ2n) is 4.65. The molecular weight excluding hydrogens is 260 g/mol. The highest BCUT2D eigenvalue weighted by Crippen LogP contribution is 2.18. The summed E-state index contributed by atoms with van der Waals surface area (Å²) in [5.41, 5.74) is 2.06. The van der Waals surface area contributed by atoms with Crippen LogP contribution >= 0.6 is 11.3 Å². The lowest BCUT2D eigenvalue weighted by atomic mass is 10.3. The molecule has 0 aliphatic carbocycles. The van der Waals surface area contributed by atoms with Crippen LogP contribution in [-0.2, 0) is 11.3 Å². The van der Waals surface area contributed by atoms with Crippen LogP contribution in [0.25, 0.3) is 0 Å². The van der Waals surface area contributed by atoms with Crippen molar-refractivity contribution in [2.24, 2.45) is 0 Å². The third-order valence-electron chi connectivity index (χ3n) is 2.80. The van der Waals surface area contributed by atoms with E-state index in [1.807, 2.05) is 20.0 Å². The van der Waals surface area contributed by atoms with Crippen molar-refractivity contribution in [1.82, 2.24) is 14.5 Å². The van der Waals surface area contributed by atoms with Gasteiger partial charge in [0.25, 0.3) is 0 Å². The number of ether oxygens (including phenoxy) is 1. The Morgan fingerprint density at radius 2 is 2.16 bits per heavy atom. The van der Waals surface area contributed by atoms with Crippen molar-refractivity contribution in [2.45, 2.75) is 33.4 Å². The van der Waals surface area contributed by atoms with Crippen molar-refractivity contribution in [3.8, 4) is 0 Å². The van der Waals surface area contributed by atoms with Gasteiger partial charge < -0.3 is 14.6 Å². The summed E-state index contributed by atoms with van der Waals surface area (Å²) in [5.74, 6) is 0.870. The molecule has 104 valence electrons. The van der Waals surface area contributed by atoms with Gasteiger partial charge in [0.15, 0.2) is 0 Å². The van der Waals surface area contributed by atoms with Gasteiger partial charge in [-0.25, -0.2) is 9.97 Å². The van der Waals surface area contributed by atoms with Crippen LogP contribution in [0.15, 0.2) is 11.6 Å². The van der Waals surface area contributed by atoms with E-state index in [0.717, 1.165) is 22.3 Å². The topological polar surface area (TPSA) is 52.0 Å². The number of nitrogens with zero attached hydrogens (tertiary/aromatic N) is 3. The van der Waals surface area contributed by atoms with Crippen LogP contribution < -0.4 is 5.32 Å². The molecule has 0 radical (unpaired) electrons. The fourth-order valence-corrected chi connectivity index (χ4v) is 2.65. The fraction of sp³-hybridized carbons (Fsp3) is 0.538. The van der Waals surface area contributed by atoms with Crippen molar-refractivity contribution in [3.63, 3.8) is 0 Å². The minimum Gasteiger partial charge on any atom is -0.383 e. The standard InChI is InChI=1S/C13H20N4OS/c1-9-6-17(11(3)7-18-4)13(16-9)14-5-12-15-10(2)8-19-12/h6,8,11H,5,7H2,1-4H3,(H,14,16). The molecule has 0 fully saturated rings. The van der Waals surface area contributed by atoms with Crippen LogP contribution in [0, 0.1) is 13.8 Å². The summed E-state index contributed by atoms with van der Waals surface area (Å²) in [6.45, 7) is 7.49. The Morgan fingerprint density at radius 1 is 1.37 bits per heavy atom. The van der Waals surface area contributed by atoms with Crippen LogP contribution in [0.4, 0.5) is 5.95 Å². The second kappa shape index (κ2) is 6.16. The monoisotopic (exact) mass is 280 g/mol. The normalized spacial score (nSPS) is 12.6. The number of rotatable bonds is 6. The maximum absolute atomic E-state index is 5.20. The van der Waals surface area contributed by atoms with Gasteiger partial charge in [-0.3, -0.25) is 0 Å². The molecule has 0 amide bonds. The van der Waals surface area contributed by atoms with Gasteiger partial charge in [-0.15, -0.1) is 11.3 Å². The molecular formula is C13H20N4OS. The summed E-state index contributed by atoms with van der Waals surface area (Å²) in [6, 6.07) is 0.256. The molecule has 6 heteroatoms. The van der Waals surface area contributed by atoms with Crippen molar-refractivity contribution in [1.29, 1.82) is 0 Å². The van der Waals surface area contributed by atoms with Crippen molar-refractivity contribution < 1.29 is 4.74 Å². The Labute approximate surface area is 117 Å². The summed E-state index contributed by atoms with van der Waals surface area (Å²) < 4.78 is 7.31. The van der Waals surface area contributed by atoms with Gasteiger partial charge in [-0.05, 0) is 20.8 Å². The van der Waals surface area contributed by atoms with Crippen LogP contribution in [0.2, 0.25) is 0 Å². The van der Waals surface area contributed by atoms with E-state index >= 15 is 0 Å². The van der Waals surface area contributed by atoms with Gasteiger partial charge in [0.2, 0.25) is 5.95 Å². The van der Waals surface area contributed by atoms with Crippen molar-refractivity contribution >= 4 is 17.3 Å². The summed E-state index contributed by atoms with van der Waals surface area (Å²) in [5, 5.41) is 6.48. The van der Waals surface area contributed by atoms with E-state index < -0.39 is 0 Å². The average Bonchev–Trinajstić information content (AvgIpc) is 2.93. The number of hydrogen-bond acceptors (Lipinski definition) is 5. The van der Waals surface area contributed by atoms with Crippen molar-refractivity contribution in [2.75, 3.05) is 19.0 Å². The molecule has 0 bridgehead atoms. The first kappa shape index (κ1) is 14.0. The van der Waals surface area contributed by atoms with Crippen LogP contribution in [0.5, 0.6) is 0 Å². The van der Waals surface area contributed by atoms with Gasteiger partial charge in [0.1, 0.15) is 5.01 Å². The Kier molecular flexibility index (Phi) is 4.55. The third kappa shape index (κ3) is 3.54. The lowest BCUT2D eigenvalue weighted by Gasteiger charge is -2.15. The highest BCUT2D eigenvalue weighted by Gasteiger charge is 2.12. The number of anilines is 1. The first-order chi connectivity index (χ1) is 9.10. The van der Waals surface area contributed by atoms with E-state index in [0.29, 0.717) is 13.2 Å². The maximum Gasteiger partial charge on any atom is 0.203 e. The number of imidazole rings is 1. The van der Waals surface area contributed by atoms with Gasteiger partial charge in [0.05, 0.1) is 24.9 Å².